The van der Waals surface area contributed by atoms with E-state index in [9.17, 15) is 4.79 Å². The molecule has 0 bridgehead atoms. The Morgan fingerprint density at radius 1 is 1.62 bits per heavy atom. The van der Waals surface area contributed by atoms with Crippen molar-refractivity contribution in [3.8, 4) is 0 Å². The van der Waals surface area contributed by atoms with Crippen molar-refractivity contribution in [3.05, 3.63) is 23.8 Å². The monoisotopic (exact) mass is 236 g/mol. The molecule has 2 rings (SSSR count). The molecular formula is C11H12N2O2S. The van der Waals surface area contributed by atoms with Crippen molar-refractivity contribution in [3.63, 3.8) is 0 Å². The first kappa shape index (κ1) is 10.9. The predicted octanol–water partition coefficient (Wildman–Crippen LogP) is 2.46. The van der Waals surface area contributed by atoms with Crippen LogP contribution < -0.4 is 5.73 Å². The van der Waals surface area contributed by atoms with E-state index in [1.165, 1.54) is 11.3 Å². The van der Waals surface area contributed by atoms with E-state index in [2.05, 4.69) is 4.98 Å². The maximum absolute atomic E-state index is 10.6. The average Bonchev–Trinajstić information content (AvgIpc) is 2.55. The summed E-state index contributed by atoms with van der Waals surface area (Å²) in [7, 11) is 0. The zero-order chi connectivity index (χ0) is 11.7. The summed E-state index contributed by atoms with van der Waals surface area (Å²) >= 11 is 1.44. The van der Waals surface area contributed by atoms with Gasteiger partial charge in [0, 0.05) is 0 Å². The van der Waals surface area contributed by atoms with E-state index in [0.717, 1.165) is 15.8 Å². The molecule has 4 nitrogen and oxygen atoms in total. The quantitative estimate of drug-likeness (QED) is 0.858. The molecule has 84 valence electrons. The minimum absolute atomic E-state index is 0.00942. The van der Waals surface area contributed by atoms with Crippen LogP contribution in [0.25, 0.3) is 10.2 Å². The summed E-state index contributed by atoms with van der Waals surface area (Å²) in [4.78, 5) is 14.8. The lowest BCUT2D eigenvalue weighted by atomic mass is 9.98. The topological polar surface area (TPSA) is 76.2 Å². The van der Waals surface area contributed by atoms with Crippen LogP contribution in [-0.2, 0) is 4.79 Å². The molecule has 0 aliphatic heterocycles. The van der Waals surface area contributed by atoms with Crippen LogP contribution in [0.3, 0.4) is 0 Å². The van der Waals surface area contributed by atoms with Gasteiger partial charge in [0.2, 0.25) is 0 Å². The van der Waals surface area contributed by atoms with Gasteiger partial charge < -0.3 is 10.8 Å². The second-order valence-corrected chi connectivity index (χ2v) is 4.84. The van der Waals surface area contributed by atoms with Gasteiger partial charge in [-0.15, -0.1) is 0 Å². The van der Waals surface area contributed by atoms with E-state index >= 15 is 0 Å². The number of aliphatic carboxylic acids is 1. The Bertz CT molecular complexity index is 536. The number of hydrogen-bond donors (Lipinski definition) is 2. The molecule has 1 heterocycles. The van der Waals surface area contributed by atoms with Gasteiger partial charge >= 0.3 is 5.97 Å². The van der Waals surface area contributed by atoms with E-state index in [1.54, 1.807) is 0 Å². The number of benzene rings is 1. The van der Waals surface area contributed by atoms with Gasteiger partial charge in [0.25, 0.3) is 0 Å². The minimum Gasteiger partial charge on any atom is -0.481 e. The SMILES string of the molecule is CC(CC(=O)O)c1ccc2sc(N)nc2c1. The zero-order valence-electron chi connectivity index (χ0n) is 8.80. The molecule has 3 N–H and O–H groups in total. The third-order valence-corrected chi connectivity index (χ3v) is 3.34. The fourth-order valence-electron chi connectivity index (χ4n) is 1.65. The molecule has 0 fully saturated rings. The van der Waals surface area contributed by atoms with E-state index in [4.69, 9.17) is 10.8 Å². The van der Waals surface area contributed by atoms with E-state index in [-0.39, 0.29) is 12.3 Å². The number of nitrogens with zero attached hydrogens (tertiary/aromatic N) is 1. The number of carbonyl (C=O) groups is 1. The van der Waals surface area contributed by atoms with Gasteiger partial charge in [-0.25, -0.2) is 4.98 Å². The molecule has 1 aromatic heterocycles. The first-order valence-electron chi connectivity index (χ1n) is 4.94. The van der Waals surface area contributed by atoms with E-state index in [1.807, 2.05) is 25.1 Å². The molecule has 0 aliphatic carbocycles. The number of thiazole rings is 1. The number of aromatic nitrogens is 1. The lowest BCUT2D eigenvalue weighted by molar-refractivity contribution is -0.137. The molecule has 0 saturated carbocycles. The van der Waals surface area contributed by atoms with Gasteiger partial charge in [0.15, 0.2) is 5.13 Å². The Morgan fingerprint density at radius 2 is 2.38 bits per heavy atom. The number of fused-ring (bicyclic) bond motifs is 1. The molecule has 1 atom stereocenters. The Morgan fingerprint density at radius 3 is 3.06 bits per heavy atom. The highest BCUT2D eigenvalue weighted by Gasteiger charge is 2.11. The lowest BCUT2D eigenvalue weighted by Crippen LogP contribution is -2.02. The molecular weight excluding hydrogens is 224 g/mol. The highest BCUT2D eigenvalue weighted by Crippen LogP contribution is 2.28. The molecule has 16 heavy (non-hydrogen) atoms. The number of carboxylic acid groups (broad SMARTS) is 1. The third-order valence-electron chi connectivity index (χ3n) is 2.48. The smallest absolute Gasteiger partial charge is 0.303 e. The maximum atomic E-state index is 10.6. The van der Waals surface area contributed by atoms with Crippen LogP contribution in [-0.4, -0.2) is 16.1 Å². The van der Waals surface area contributed by atoms with Gasteiger partial charge in [-0.05, 0) is 23.6 Å². The Labute approximate surface area is 96.7 Å². The van der Waals surface area contributed by atoms with E-state index < -0.39 is 5.97 Å². The molecule has 1 aromatic carbocycles. The first-order chi connectivity index (χ1) is 7.56. The molecule has 0 radical (unpaired) electrons. The fraction of sp³-hybridized carbons (Fsp3) is 0.273. The van der Waals surface area contributed by atoms with Gasteiger partial charge in [0.05, 0.1) is 16.6 Å². The Balaban J connectivity index is 2.34. The van der Waals surface area contributed by atoms with Gasteiger partial charge in [0.1, 0.15) is 0 Å². The molecule has 0 amide bonds. The summed E-state index contributed by atoms with van der Waals surface area (Å²) in [6, 6.07) is 5.79. The molecule has 0 aliphatic rings. The molecule has 0 saturated heterocycles. The van der Waals surface area contributed by atoms with Gasteiger partial charge in [-0.3, -0.25) is 4.79 Å². The lowest BCUT2D eigenvalue weighted by Gasteiger charge is -2.08. The van der Waals surface area contributed by atoms with Crippen molar-refractivity contribution in [2.45, 2.75) is 19.3 Å². The highest BCUT2D eigenvalue weighted by molar-refractivity contribution is 7.22. The van der Waals surface area contributed by atoms with Crippen LogP contribution >= 0.6 is 11.3 Å². The molecule has 5 heteroatoms. The summed E-state index contributed by atoms with van der Waals surface area (Å²) in [5, 5.41) is 9.27. The minimum atomic E-state index is -0.787. The van der Waals surface area contributed by atoms with Gasteiger partial charge in [-0.2, -0.15) is 0 Å². The van der Waals surface area contributed by atoms with Crippen LogP contribution in [0.4, 0.5) is 5.13 Å². The summed E-state index contributed by atoms with van der Waals surface area (Å²) in [5.74, 6) is -0.796. The number of nitrogen functional groups attached to an aromatic ring is 1. The molecule has 0 spiro atoms. The second-order valence-electron chi connectivity index (χ2n) is 3.78. The van der Waals surface area contributed by atoms with Crippen molar-refractivity contribution < 1.29 is 9.90 Å². The predicted molar refractivity (Wildman–Crippen MR) is 64.7 cm³/mol. The number of rotatable bonds is 3. The summed E-state index contributed by atoms with van der Waals surface area (Å²) in [6.07, 6.45) is 0.130. The number of anilines is 1. The molecule has 2 aromatic rings. The highest BCUT2D eigenvalue weighted by atomic mass is 32.1. The average molecular weight is 236 g/mol. The first-order valence-corrected chi connectivity index (χ1v) is 5.75. The second kappa shape index (κ2) is 4.09. The summed E-state index contributed by atoms with van der Waals surface area (Å²) in [5.41, 5.74) is 7.44. The maximum Gasteiger partial charge on any atom is 0.303 e. The Kier molecular flexibility index (Phi) is 2.78. The fourth-order valence-corrected chi connectivity index (χ4v) is 2.36. The number of carboxylic acids is 1. The standard InChI is InChI=1S/C11H12N2O2S/c1-6(4-10(14)15)7-2-3-9-8(5-7)13-11(12)16-9/h2-3,5-6H,4H2,1H3,(H2,12,13)(H,14,15). The zero-order valence-corrected chi connectivity index (χ0v) is 9.62. The van der Waals surface area contributed by atoms with Crippen LogP contribution in [0.5, 0.6) is 0 Å². The van der Waals surface area contributed by atoms with Crippen molar-refractivity contribution in [1.82, 2.24) is 4.98 Å². The Hall–Kier alpha value is -1.62. The third kappa shape index (κ3) is 2.14. The van der Waals surface area contributed by atoms with Crippen molar-refractivity contribution >= 4 is 32.7 Å². The van der Waals surface area contributed by atoms with Crippen LogP contribution in [0.15, 0.2) is 18.2 Å². The van der Waals surface area contributed by atoms with Crippen LogP contribution in [0.1, 0.15) is 24.8 Å². The van der Waals surface area contributed by atoms with Crippen molar-refractivity contribution in [1.29, 1.82) is 0 Å². The summed E-state index contributed by atoms with van der Waals surface area (Å²) < 4.78 is 1.03. The molecule has 1 unspecified atom stereocenters. The van der Waals surface area contributed by atoms with Gasteiger partial charge in [-0.1, -0.05) is 24.3 Å². The van der Waals surface area contributed by atoms with Crippen molar-refractivity contribution in [2.75, 3.05) is 5.73 Å². The largest absolute Gasteiger partial charge is 0.481 e. The number of hydrogen-bond acceptors (Lipinski definition) is 4. The van der Waals surface area contributed by atoms with Crippen LogP contribution in [0.2, 0.25) is 0 Å². The summed E-state index contributed by atoms with van der Waals surface area (Å²) in [6.45, 7) is 1.89. The van der Waals surface area contributed by atoms with E-state index in [0.29, 0.717) is 5.13 Å². The van der Waals surface area contributed by atoms with Crippen molar-refractivity contribution in [2.24, 2.45) is 0 Å². The van der Waals surface area contributed by atoms with Crippen LogP contribution in [0, 0.1) is 0 Å². The normalized spacial score (nSPS) is 12.8. The number of nitrogens with two attached hydrogens (primary N) is 1.